The first kappa shape index (κ1) is 19.3. The molecule has 0 bridgehead atoms. The largest absolute Gasteiger partial charge is 0.475 e. The Morgan fingerprint density at radius 1 is 1.48 bits per heavy atom. The summed E-state index contributed by atoms with van der Waals surface area (Å²) in [6, 6.07) is 1.86. The van der Waals surface area contributed by atoms with E-state index in [4.69, 9.17) is 4.74 Å². The van der Waals surface area contributed by atoms with Crippen LogP contribution >= 0.6 is 0 Å². The molecule has 1 unspecified atom stereocenters. The van der Waals surface area contributed by atoms with Crippen molar-refractivity contribution in [3.8, 4) is 5.88 Å². The molecule has 1 aromatic heterocycles. The van der Waals surface area contributed by atoms with Crippen LogP contribution in [0, 0.1) is 0 Å². The van der Waals surface area contributed by atoms with E-state index < -0.39 is 27.5 Å². The first-order chi connectivity index (χ1) is 11.7. The Labute approximate surface area is 143 Å². The minimum Gasteiger partial charge on any atom is -0.475 e. The van der Waals surface area contributed by atoms with E-state index in [0.717, 1.165) is 6.07 Å². The van der Waals surface area contributed by atoms with Crippen LogP contribution in [-0.4, -0.2) is 57.1 Å². The van der Waals surface area contributed by atoms with Crippen LogP contribution < -0.4 is 15.4 Å². The van der Waals surface area contributed by atoms with Crippen molar-refractivity contribution in [2.75, 3.05) is 31.7 Å². The second kappa shape index (κ2) is 7.89. The number of aromatic nitrogens is 1. The average Bonchev–Trinajstić information content (AvgIpc) is 2.88. The number of sulfone groups is 1. The molecule has 0 saturated carbocycles. The van der Waals surface area contributed by atoms with Gasteiger partial charge in [0.15, 0.2) is 15.8 Å². The molecule has 2 N–H and O–H groups in total. The van der Waals surface area contributed by atoms with Crippen LogP contribution in [0.2, 0.25) is 0 Å². The van der Waals surface area contributed by atoms with Crippen molar-refractivity contribution in [2.24, 2.45) is 4.99 Å². The van der Waals surface area contributed by atoms with E-state index >= 15 is 0 Å². The molecule has 0 aromatic carbocycles. The van der Waals surface area contributed by atoms with E-state index in [2.05, 4.69) is 20.6 Å². The molecule has 1 aliphatic heterocycles. The second-order valence-corrected chi connectivity index (χ2v) is 7.67. The highest BCUT2D eigenvalue weighted by Crippen LogP contribution is 2.34. The van der Waals surface area contributed by atoms with Gasteiger partial charge in [0.2, 0.25) is 5.88 Å². The number of hydrogen-bond donors (Lipinski definition) is 2. The maximum atomic E-state index is 12.8. The third kappa shape index (κ3) is 5.76. The first-order valence-corrected chi connectivity index (χ1v) is 9.36. The Bertz CT molecular complexity index is 722. The van der Waals surface area contributed by atoms with Crippen molar-refractivity contribution in [1.82, 2.24) is 15.6 Å². The van der Waals surface area contributed by atoms with Gasteiger partial charge < -0.3 is 15.4 Å². The van der Waals surface area contributed by atoms with Gasteiger partial charge >= 0.3 is 6.18 Å². The summed E-state index contributed by atoms with van der Waals surface area (Å²) in [5.74, 6) is 0.0435. The fraction of sp³-hybridized carbons (Fsp3) is 0.571. The van der Waals surface area contributed by atoms with Crippen LogP contribution in [-0.2, 0) is 16.0 Å². The zero-order chi connectivity index (χ0) is 18.5. The summed E-state index contributed by atoms with van der Waals surface area (Å²) in [6.45, 7) is 0.108. The van der Waals surface area contributed by atoms with Gasteiger partial charge in [0.05, 0.1) is 18.1 Å². The van der Waals surface area contributed by atoms with Gasteiger partial charge in [-0.3, -0.25) is 4.99 Å². The van der Waals surface area contributed by atoms with Crippen molar-refractivity contribution in [3.05, 3.63) is 23.9 Å². The lowest BCUT2D eigenvalue weighted by Gasteiger charge is -2.16. The number of halogens is 3. The summed E-state index contributed by atoms with van der Waals surface area (Å²) in [5, 5.41) is 5.83. The van der Waals surface area contributed by atoms with Gasteiger partial charge in [-0.2, -0.15) is 13.2 Å². The van der Waals surface area contributed by atoms with Gasteiger partial charge in [0.1, 0.15) is 12.2 Å². The highest BCUT2D eigenvalue weighted by molar-refractivity contribution is 7.91. The van der Waals surface area contributed by atoms with Crippen LogP contribution in [0.15, 0.2) is 23.3 Å². The molecule has 1 atom stereocenters. The van der Waals surface area contributed by atoms with Gasteiger partial charge in [0.25, 0.3) is 0 Å². The molecule has 1 saturated heterocycles. The van der Waals surface area contributed by atoms with Gasteiger partial charge in [-0.05, 0) is 18.6 Å². The highest BCUT2D eigenvalue weighted by Gasteiger charge is 2.35. The number of aliphatic imine (C=N–C) groups is 1. The monoisotopic (exact) mass is 380 g/mol. The van der Waals surface area contributed by atoms with Crippen molar-refractivity contribution in [3.63, 3.8) is 0 Å². The fourth-order valence-electron chi connectivity index (χ4n) is 2.34. The number of ether oxygens (including phenoxy) is 1. The molecule has 25 heavy (non-hydrogen) atoms. The summed E-state index contributed by atoms with van der Waals surface area (Å²) in [7, 11) is -1.50. The summed E-state index contributed by atoms with van der Waals surface area (Å²) in [4.78, 5) is 7.55. The molecule has 140 valence electrons. The van der Waals surface area contributed by atoms with Gasteiger partial charge in [-0.1, -0.05) is 0 Å². The normalized spacial score (nSPS) is 20.3. The number of guanidine groups is 1. The average molecular weight is 380 g/mol. The molecule has 1 aromatic rings. The predicted molar refractivity (Wildman–Crippen MR) is 86.3 cm³/mol. The molecule has 7 nitrogen and oxygen atoms in total. The van der Waals surface area contributed by atoms with Crippen LogP contribution in [0.1, 0.15) is 12.0 Å². The summed E-state index contributed by atoms with van der Waals surface area (Å²) in [5.41, 5.74) is -0.936. The van der Waals surface area contributed by atoms with Crippen LogP contribution in [0.3, 0.4) is 0 Å². The van der Waals surface area contributed by atoms with Crippen molar-refractivity contribution in [2.45, 2.75) is 18.6 Å². The highest BCUT2D eigenvalue weighted by atomic mass is 32.2. The number of hydrogen-bond acceptors (Lipinski definition) is 5. The van der Waals surface area contributed by atoms with E-state index in [-0.39, 0.29) is 30.7 Å². The lowest BCUT2D eigenvalue weighted by molar-refractivity contribution is -0.139. The Morgan fingerprint density at radius 3 is 2.84 bits per heavy atom. The quantitative estimate of drug-likeness (QED) is 0.447. The second-order valence-electron chi connectivity index (χ2n) is 5.45. The van der Waals surface area contributed by atoms with Crippen molar-refractivity contribution in [1.29, 1.82) is 0 Å². The smallest absolute Gasteiger partial charge is 0.421 e. The van der Waals surface area contributed by atoms with E-state index in [1.54, 1.807) is 0 Å². The maximum Gasteiger partial charge on any atom is 0.421 e. The Hall–Kier alpha value is -2.04. The maximum absolute atomic E-state index is 12.8. The zero-order valence-corrected chi connectivity index (χ0v) is 14.3. The molecule has 0 radical (unpaired) electrons. The van der Waals surface area contributed by atoms with Crippen LogP contribution in [0.25, 0.3) is 0 Å². The van der Waals surface area contributed by atoms with E-state index in [0.29, 0.717) is 12.4 Å². The molecular formula is C14H19F3N4O3S. The Morgan fingerprint density at radius 2 is 2.24 bits per heavy atom. The summed E-state index contributed by atoms with van der Waals surface area (Å²) in [6.07, 6.45) is -2.83. The minimum atomic E-state index is -4.54. The van der Waals surface area contributed by atoms with Crippen LogP contribution in [0.5, 0.6) is 5.88 Å². The summed E-state index contributed by atoms with van der Waals surface area (Å²) >= 11 is 0. The molecular weight excluding hydrogens is 361 g/mol. The zero-order valence-electron chi connectivity index (χ0n) is 13.5. The topological polar surface area (TPSA) is 92.7 Å². The standard InChI is InChI=1S/C14H19F3N4O3S/c1-18-13(21-10-4-8-25(22,23)9-10)20-6-7-24-12-11(14(15,16)17)3-2-5-19-12/h2-3,5,10H,4,6-9H2,1H3,(H2,18,20,21). The van der Waals surface area contributed by atoms with Crippen molar-refractivity contribution < 1.29 is 26.3 Å². The number of alkyl halides is 3. The number of pyridine rings is 1. The minimum absolute atomic E-state index is 0.0348. The molecule has 2 heterocycles. The van der Waals surface area contributed by atoms with Crippen LogP contribution in [0.4, 0.5) is 13.2 Å². The summed E-state index contributed by atoms with van der Waals surface area (Å²) < 4.78 is 66.4. The fourth-order valence-corrected chi connectivity index (χ4v) is 4.01. The van der Waals surface area contributed by atoms with Gasteiger partial charge in [-0.15, -0.1) is 0 Å². The number of nitrogens with zero attached hydrogens (tertiary/aromatic N) is 2. The lowest BCUT2D eigenvalue weighted by atomic mass is 10.2. The Kier molecular flexibility index (Phi) is 6.09. The molecule has 1 fully saturated rings. The SMILES string of the molecule is CN=C(NCCOc1ncccc1C(F)(F)F)NC1CCS(=O)(=O)C1. The third-order valence-corrected chi connectivity index (χ3v) is 5.27. The van der Waals surface area contributed by atoms with E-state index in [9.17, 15) is 21.6 Å². The molecule has 0 aliphatic carbocycles. The molecule has 2 rings (SSSR count). The van der Waals surface area contributed by atoms with Gasteiger partial charge in [0, 0.05) is 19.3 Å². The molecule has 0 spiro atoms. The van der Waals surface area contributed by atoms with E-state index in [1.165, 1.54) is 19.3 Å². The third-order valence-electron chi connectivity index (χ3n) is 3.51. The number of nitrogens with one attached hydrogen (secondary N) is 2. The molecule has 0 amide bonds. The molecule has 1 aliphatic rings. The first-order valence-electron chi connectivity index (χ1n) is 7.54. The van der Waals surface area contributed by atoms with E-state index in [1.807, 2.05) is 0 Å². The van der Waals surface area contributed by atoms with Crippen molar-refractivity contribution >= 4 is 15.8 Å². The van der Waals surface area contributed by atoms with Gasteiger partial charge in [-0.25, -0.2) is 13.4 Å². The Balaban J connectivity index is 1.81. The lowest BCUT2D eigenvalue weighted by Crippen LogP contribution is -2.45. The predicted octanol–water partition coefficient (Wildman–Crippen LogP) is 0.831. The molecule has 11 heteroatoms. The number of rotatable bonds is 5.